The molecule has 0 aliphatic rings. The van der Waals surface area contributed by atoms with Gasteiger partial charge in [0, 0.05) is 17.8 Å². The van der Waals surface area contributed by atoms with Gasteiger partial charge in [-0.05, 0) is 51.9 Å². The Kier molecular flexibility index (Phi) is 7.02. The zero-order valence-electron chi connectivity index (χ0n) is 20.7. The molecule has 2 atom stereocenters. The molecule has 38 heavy (non-hydrogen) atoms. The number of aromatic nitrogens is 1. The topological polar surface area (TPSA) is 120 Å². The van der Waals surface area contributed by atoms with Crippen molar-refractivity contribution in [3.63, 3.8) is 0 Å². The Morgan fingerprint density at radius 3 is 2.45 bits per heavy atom. The molecule has 5 N–H and O–H groups in total. The highest BCUT2D eigenvalue weighted by molar-refractivity contribution is 5.92. The first-order valence-corrected chi connectivity index (χ1v) is 12.3. The number of carbonyl (C=O) groups is 2. The minimum absolute atomic E-state index is 0.243. The molecule has 0 spiro atoms. The van der Waals surface area contributed by atoms with Crippen molar-refractivity contribution in [1.29, 1.82) is 0 Å². The maximum atomic E-state index is 13.0. The number of nitrogens with two attached hydrogens (primary N) is 2. The molecule has 0 aliphatic carbocycles. The van der Waals surface area contributed by atoms with E-state index in [1.807, 2.05) is 84.9 Å². The van der Waals surface area contributed by atoms with Gasteiger partial charge < -0.3 is 21.5 Å². The van der Waals surface area contributed by atoms with E-state index < -0.39 is 23.4 Å². The van der Waals surface area contributed by atoms with Gasteiger partial charge in [0.25, 0.3) is 5.91 Å². The molecule has 190 valence electrons. The molecule has 5 rings (SSSR count). The van der Waals surface area contributed by atoms with Crippen LogP contribution in [0, 0.1) is 0 Å². The van der Waals surface area contributed by atoms with Crippen LogP contribution in [0.1, 0.15) is 11.1 Å². The van der Waals surface area contributed by atoms with Crippen molar-refractivity contribution in [2.24, 2.45) is 11.5 Å². The number of benzene rings is 4. The lowest BCUT2D eigenvalue weighted by Crippen LogP contribution is -2.63. The zero-order valence-corrected chi connectivity index (χ0v) is 20.7. The number of ether oxygens (including phenoxy) is 1. The summed E-state index contributed by atoms with van der Waals surface area (Å²) in [5.41, 5.74) is 13.3. The van der Waals surface area contributed by atoms with Gasteiger partial charge in [-0.15, -0.1) is 0 Å². The normalized spacial score (nSPS) is 13.5. The van der Waals surface area contributed by atoms with E-state index in [1.54, 1.807) is 24.5 Å². The average molecular weight is 505 g/mol. The first-order chi connectivity index (χ1) is 18.4. The molecule has 4 aromatic carbocycles. The molecule has 0 saturated heterocycles. The number of primary amides is 1. The average Bonchev–Trinajstić information content (AvgIpc) is 2.94. The number of para-hydroxylation sites is 1. The van der Waals surface area contributed by atoms with Gasteiger partial charge in [0.1, 0.15) is 11.8 Å². The summed E-state index contributed by atoms with van der Waals surface area (Å²) >= 11 is 0. The number of pyridine rings is 1. The highest BCUT2D eigenvalue weighted by Gasteiger charge is 2.42. The lowest BCUT2D eigenvalue weighted by Gasteiger charge is -2.37. The zero-order chi connectivity index (χ0) is 26.5. The van der Waals surface area contributed by atoms with Crippen molar-refractivity contribution in [3.8, 4) is 5.75 Å². The number of fused-ring (bicyclic) bond motifs is 2. The summed E-state index contributed by atoms with van der Waals surface area (Å²) in [6, 6.07) is 29.2. The predicted molar refractivity (Wildman–Crippen MR) is 148 cm³/mol. The van der Waals surface area contributed by atoms with Crippen LogP contribution in [0.25, 0.3) is 21.5 Å². The van der Waals surface area contributed by atoms with Crippen molar-refractivity contribution in [1.82, 2.24) is 10.3 Å². The van der Waals surface area contributed by atoms with Gasteiger partial charge >= 0.3 is 0 Å². The second-order valence-electron chi connectivity index (χ2n) is 9.31. The lowest BCUT2D eigenvalue weighted by atomic mass is 9.76. The molecule has 0 aliphatic heterocycles. The van der Waals surface area contributed by atoms with Gasteiger partial charge in [0.05, 0.1) is 5.54 Å². The summed E-state index contributed by atoms with van der Waals surface area (Å²) in [4.78, 5) is 30.1. The second-order valence-corrected chi connectivity index (χ2v) is 9.31. The van der Waals surface area contributed by atoms with Gasteiger partial charge in [-0.1, -0.05) is 78.9 Å². The number of carbonyl (C=O) groups excluding carboxylic acids is 2. The molecule has 7 nitrogen and oxygen atoms in total. The van der Waals surface area contributed by atoms with Crippen molar-refractivity contribution in [2.45, 2.75) is 18.0 Å². The van der Waals surface area contributed by atoms with Crippen LogP contribution in [0.3, 0.4) is 0 Å². The predicted octanol–water partition coefficient (Wildman–Crippen LogP) is 3.83. The molecule has 1 heterocycles. The first kappa shape index (κ1) is 24.9. The van der Waals surface area contributed by atoms with Crippen LogP contribution in [-0.4, -0.2) is 29.4 Å². The maximum Gasteiger partial charge on any atom is 0.258 e. The molecule has 0 fully saturated rings. The quantitative estimate of drug-likeness (QED) is 0.282. The summed E-state index contributed by atoms with van der Waals surface area (Å²) in [5.74, 6) is -0.701. The number of amides is 2. The van der Waals surface area contributed by atoms with Crippen LogP contribution in [0.4, 0.5) is 0 Å². The summed E-state index contributed by atoms with van der Waals surface area (Å²) in [5, 5.41) is 6.60. The number of hydrogen-bond donors (Lipinski definition) is 3. The number of hydrogen-bond acceptors (Lipinski definition) is 5. The second kappa shape index (κ2) is 10.7. The number of nitrogens with zero attached hydrogens (tertiary/aromatic N) is 1. The highest BCUT2D eigenvalue weighted by atomic mass is 16.5. The molecule has 0 saturated carbocycles. The highest BCUT2D eigenvalue weighted by Crippen LogP contribution is 2.33. The SMILES string of the molecule is NC(=O)C(NC(=O)COc1ccccc1)C(N)(Cc1ccc2cnccc2c1)c1cccc2ccccc12. The van der Waals surface area contributed by atoms with Crippen LogP contribution in [0.15, 0.2) is 109 Å². The third-order valence-electron chi connectivity index (χ3n) is 6.71. The molecule has 0 bridgehead atoms. The largest absolute Gasteiger partial charge is 0.484 e. The van der Waals surface area contributed by atoms with Gasteiger partial charge in [0.15, 0.2) is 6.61 Å². The van der Waals surface area contributed by atoms with Crippen molar-refractivity contribution in [3.05, 3.63) is 121 Å². The van der Waals surface area contributed by atoms with Crippen LogP contribution < -0.4 is 21.5 Å². The summed E-state index contributed by atoms with van der Waals surface area (Å²) in [6.07, 6.45) is 3.76. The van der Waals surface area contributed by atoms with Crippen molar-refractivity contribution < 1.29 is 14.3 Å². The summed E-state index contributed by atoms with van der Waals surface area (Å²) in [6.45, 7) is -0.289. The van der Waals surface area contributed by atoms with E-state index in [9.17, 15) is 9.59 Å². The Labute approximate surface area is 220 Å². The van der Waals surface area contributed by atoms with Gasteiger partial charge in [-0.3, -0.25) is 14.6 Å². The lowest BCUT2D eigenvalue weighted by molar-refractivity contribution is -0.130. The van der Waals surface area contributed by atoms with Crippen LogP contribution in [0.5, 0.6) is 5.75 Å². The third-order valence-corrected chi connectivity index (χ3v) is 6.71. The number of nitrogens with one attached hydrogen (secondary N) is 1. The number of rotatable bonds is 9. The smallest absolute Gasteiger partial charge is 0.258 e. The van der Waals surface area contributed by atoms with E-state index in [0.717, 1.165) is 27.1 Å². The van der Waals surface area contributed by atoms with Crippen molar-refractivity contribution >= 4 is 33.4 Å². The Hall–Kier alpha value is -4.75. The molecule has 2 amide bonds. The van der Waals surface area contributed by atoms with Gasteiger partial charge in [0.2, 0.25) is 5.91 Å². The van der Waals surface area contributed by atoms with E-state index in [-0.39, 0.29) is 13.0 Å². The molecular formula is C31H28N4O3. The molecule has 5 aromatic rings. The fourth-order valence-corrected chi connectivity index (χ4v) is 4.89. The maximum absolute atomic E-state index is 13.0. The Bertz CT molecular complexity index is 1600. The van der Waals surface area contributed by atoms with Gasteiger partial charge in [-0.2, -0.15) is 0 Å². The van der Waals surface area contributed by atoms with E-state index in [4.69, 9.17) is 16.2 Å². The Morgan fingerprint density at radius 1 is 0.868 bits per heavy atom. The Balaban J connectivity index is 1.54. The first-order valence-electron chi connectivity index (χ1n) is 12.3. The monoisotopic (exact) mass is 504 g/mol. The standard InChI is InChI=1S/C31H28N4O3/c32-30(37)29(35-28(36)20-38-25-9-2-1-3-10-25)31(33,27-12-6-8-22-7-4-5-11-26(22)27)18-21-13-14-24-19-34-16-15-23(24)17-21/h1-17,19,29H,18,20,33H2,(H2,32,37)(H,35,36). The molecular weight excluding hydrogens is 476 g/mol. The molecule has 1 aromatic heterocycles. The van der Waals surface area contributed by atoms with E-state index in [1.165, 1.54) is 0 Å². The fourth-order valence-electron chi connectivity index (χ4n) is 4.89. The van der Waals surface area contributed by atoms with E-state index in [0.29, 0.717) is 11.3 Å². The van der Waals surface area contributed by atoms with Gasteiger partial charge in [-0.25, -0.2) is 0 Å². The fraction of sp³-hybridized carbons (Fsp3) is 0.129. The third kappa shape index (κ3) is 5.19. The minimum atomic E-state index is -1.37. The summed E-state index contributed by atoms with van der Waals surface area (Å²) < 4.78 is 5.59. The van der Waals surface area contributed by atoms with E-state index >= 15 is 0 Å². The molecule has 7 heteroatoms. The molecule has 2 unspecified atom stereocenters. The Morgan fingerprint density at radius 2 is 1.63 bits per heavy atom. The van der Waals surface area contributed by atoms with Crippen LogP contribution >= 0.6 is 0 Å². The molecule has 0 radical (unpaired) electrons. The summed E-state index contributed by atoms with van der Waals surface area (Å²) in [7, 11) is 0. The minimum Gasteiger partial charge on any atom is -0.484 e. The van der Waals surface area contributed by atoms with Crippen molar-refractivity contribution in [2.75, 3.05) is 6.61 Å². The van der Waals surface area contributed by atoms with Crippen LogP contribution in [-0.2, 0) is 21.5 Å². The van der Waals surface area contributed by atoms with Crippen LogP contribution in [0.2, 0.25) is 0 Å². The van der Waals surface area contributed by atoms with E-state index in [2.05, 4.69) is 10.3 Å².